The van der Waals surface area contributed by atoms with Crippen LogP contribution in [0, 0.1) is 5.82 Å². The molecule has 0 radical (unpaired) electrons. The average Bonchev–Trinajstić information content (AvgIpc) is 2.40. The molecule has 0 aliphatic rings. The molecule has 0 atom stereocenters. The Hall–Kier alpha value is -1.87. The lowest BCUT2D eigenvalue weighted by Gasteiger charge is -2.19. The van der Waals surface area contributed by atoms with Crippen LogP contribution in [0.1, 0.15) is 31.9 Å². The molecule has 106 valence electrons. The van der Waals surface area contributed by atoms with Gasteiger partial charge in [0.1, 0.15) is 5.75 Å². The van der Waals surface area contributed by atoms with Crippen molar-refractivity contribution in [2.24, 2.45) is 0 Å². The predicted molar refractivity (Wildman–Crippen MR) is 77.5 cm³/mol. The van der Waals surface area contributed by atoms with Crippen molar-refractivity contribution in [3.05, 3.63) is 59.4 Å². The van der Waals surface area contributed by atoms with E-state index in [-0.39, 0.29) is 17.8 Å². The third kappa shape index (κ3) is 3.17. The van der Waals surface area contributed by atoms with Gasteiger partial charge in [-0.1, -0.05) is 45.0 Å². The Morgan fingerprint density at radius 1 is 1.05 bits per heavy atom. The minimum Gasteiger partial charge on any atom is -0.454 e. The maximum absolute atomic E-state index is 13.8. The second-order valence-electron chi connectivity index (χ2n) is 5.76. The zero-order valence-electron chi connectivity index (χ0n) is 12.0. The van der Waals surface area contributed by atoms with Gasteiger partial charge in [0.25, 0.3) is 0 Å². The van der Waals surface area contributed by atoms with Gasteiger partial charge >= 0.3 is 0 Å². The van der Waals surface area contributed by atoms with Gasteiger partial charge in [0.05, 0.1) is 6.61 Å². The van der Waals surface area contributed by atoms with Crippen LogP contribution in [0.2, 0.25) is 0 Å². The molecule has 2 aromatic carbocycles. The number of para-hydroxylation sites is 1. The van der Waals surface area contributed by atoms with Crippen LogP contribution in [0.3, 0.4) is 0 Å². The lowest BCUT2D eigenvalue weighted by molar-refractivity contribution is 0.274. The van der Waals surface area contributed by atoms with E-state index in [1.54, 1.807) is 12.1 Å². The van der Waals surface area contributed by atoms with Crippen molar-refractivity contribution < 1.29 is 14.2 Å². The van der Waals surface area contributed by atoms with Crippen molar-refractivity contribution in [3.8, 4) is 11.5 Å². The van der Waals surface area contributed by atoms with Crippen LogP contribution in [0.4, 0.5) is 4.39 Å². The summed E-state index contributed by atoms with van der Waals surface area (Å²) >= 11 is 0. The second-order valence-corrected chi connectivity index (χ2v) is 5.76. The molecule has 0 saturated heterocycles. The smallest absolute Gasteiger partial charge is 0.168 e. The number of rotatable bonds is 3. The molecule has 0 spiro atoms. The standard InChI is InChI=1S/C17H19FO2/c1-17(2,3)13-7-9-14(10-8-13)20-16-12(11-19)5-4-6-15(16)18/h4-10,19H,11H2,1-3H3. The summed E-state index contributed by atoms with van der Waals surface area (Å²) in [5.74, 6) is 0.160. The normalized spacial score (nSPS) is 11.4. The molecule has 2 rings (SSSR count). The molecule has 3 heteroatoms. The van der Waals surface area contributed by atoms with E-state index in [2.05, 4.69) is 20.8 Å². The second kappa shape index (κ2) is 5.63. The fourth-order valence-electron chi connectivity index (χ4n) is 1.93. The number of aliphatic hydroxyl groups is 1. The highest BCUT2D eigenvalue weighted by atomic mass is 19.1. The van der Waals surface area contributed by atoms with Crippen LogP contribution in [0.15, 0.2) is 42.5 Å². The topological polar surface area (TPSA) is 29.5 Å². The van der Waals surface area contributed by atoms with E-state index < -0.39 is 5.82 Å². The van der Waals surface area contributed by atoms with E-state index in [1.165, 1.54) is 11.6 Å². The Labute approximate surface area is 118 Å². The minimum absolute atomic E-state index is 0.0623. The van der Waals surface area contributed by atoms with E-state index >= 15 is 0 Å². The Kier molecular flexibility index (Phi) is 4.09. The SMILES string of the molecule is CC(C)(C)c1ccc(Oc2c(F)cccc2CO)cc1. The summed E-state index contributed by atoms with van der Waals surface area (Å²) in [6, 6.07) is 12.1. The molecule has 2 aromatic rings. The summed E-state index contributed by atoms with van der Waals surface area (Å²) in [7, 11) is 0. The molecule has 1 N–H and O–H groups in total. The van der Waals surface area contributed by atoms with Crippen LogP contribution in [-0.4, -0.2) is 5.11 Å². The molecule has 0 saturated carbocycles. The largest absolute Gasteiger partial charge is 0.454 e. The predicted octanol–water partition coefficient (Wildman–Crippen LogP) is 4.41. The maximum Gasteiger partial charge on any atom is 0.168 e. The number of aliphatic hydroxyl groups excluding tert-OH is 1. The lowest BCUT2D eigenvalue weighted by atomic mass is 9.87. The van der Waals surface area contributed by atoms with Crippen LogP contribution in [0.25, 0.3) is 0 Å². The number of ether oxygens (including phenoxy) is 1. The Bertz CT molecular complexity index is 583. The van der Waals surface area contributed by atoms with E-state index in [4.69, 9.17) is 4.74 Å². The average molecular weight is 274 g/mol. The molecular formula is C17H19FO2. The van der Waals surface area contributed by atoms with Crippen LogP contribution >= 0.6 is 0 Å². The molecule has 0 fully saturated rings. The van der Waals surface area contributed by atoms with Crippen molar-refractivity contribution >= 4 is 0 Å². The van der Waals surface area contributed by atoms with E-state index in [9.17, 15) is 9.50 Å². The summed E-state index contributed by atoms with van der Waals surface area (Å²) in [5, 5.41) is 9.23. The van der Waals surface area contributed by atoms with Crippen LogP contribution in [-0.2, 0) is 12.0 Å². The number of halogens is 1. The molecule has 0 aromatic heterocycles. The molecule has 0 aliphatic carbocycles. The van der Waals surface area contributed by atoms with Gasteiger partial charge in [-0.2, -0.15) is 0 Å². The molecule has 0 unspecified atom stereocenters. The van der Waals surface area contributed by atoms with Crippen molar-refractivity contribution in [2.45, 2.75) is 32.8 Å². The van der Waals surface area contributed by atoms with Gasteiger partial charge in [0.2, 0.25) is 0 Å². The third-order valence-corrected chi connectivity index (χ3v) is 3.16. The van der Waals surface area contributed by atoms with Crippen LogP contribution < -0.4 is 4.74 Å². The first-order valence-corrected chi connectivity index (χ1v) is 6.58. The first-order valence-electron chi connectivity index (χ1n) is 6.58. The van der Waals surface area contributed by atoms with Gasteiger partial charge in [-0.3, -0.25) is 0 Å². The fourth-order valence-corrected chi connectivity index (χ4v) is 1.93. The monoisotopic (exact) mass is 274 g/mol. The Morgan fingerprint density at radius 3 is 2.25 bits per heavy atom. The molecule has 2 nitrogen and oxygen atoms in total. The molecule has 0 bridgehead atoms. The summed E-state index contributed by atoms with van der Waals surface area (Å²) < 4.78 is 19.3. The first-order chi connectivity index (χ1) is 9.41. The summed E-state index contributed by atoms with van der Waals surface area (Å²) in [5.41, 5.74) is 1.68. The fraction of sp³-hybridized carbons (Fsp3) is 0.294. The van der Waals surface area contributed by atoms with Crippen molar-refractivity contribution in [1.29, 1.82) is 0 Å². The highest BCUT2D eigenvalue weighted by Gasteiger charge is 2.14. The van der Waals surface area contributed by atoms with Crippen LogP contribution in [0.5, 0.6) is 11.5 Å². The van der Waals surface area contributed by atoms with E-state index in [1.807, 2.05) is 24.3 Å². The molecule has 0 aliphatic heterocycles. The van der Waals surface area contributed by atoms with E-state index in [0.29, 0.717) is 11.3 Å². The number of hydrogen-bond donors (Lipinski definition) is 1. The highest BCUT2D eigenvalue weighted by Crippen LogP contribution is 2.30. The van der Waals surface area contributed by atoms with Crippen molar-refractivity contribution in [2.75, 3.05) is 0 Å². The Balaban J connectivity index is 2.27. The van der Waals surface area contributed by atoms with Gasteiger partial charge < -0.3 is 9.84 Å². The van der Waals surface area contributed by atoms with Crippen molar-refractivity contribution in [3.63, 3.8) is 0 Å². The molecule has 20 heavy (non-hydrogen) atoms. The molecule has 0 amide bonds. The van der Waals surface area contributed by atoms with Crippen molar-refractivity contribution in [1.82, 2.24) is 0 Å². The van der Waals surface area contributed by atoms with Gasteiger partial charge in [0.15, 0.2) is 11.6 Å². The first kappa shape index (κ1) is 14.5. The van der Waals surface area contributed by atoms with Gasteiger partial charge in [0, 0.05) is 5.56 Å². The molecule has 0 heterocycles. The maximum atomic E-state index is 13.8. The summed E-state index contributed by atoms with van der Waals surface area (Å²) in [4.78, 5) is 0. The Morgan fingerprint density at radius 2 is 1.70 bits per heavy atom. The van der Waals surface area contributed by atoms with Gasteiger partial charge in [-0.15, -0.1) is 0 Å². The third-order valence-electron chi connectivity index (χ3n) is 3.16. The number of benzene rings is 2. The van der Waals surface area contributed by atoms with E-state index in [0.717, 1.165) is 0 Å². The summed E-state index contributed by atoms with van der Waals surface area (Å²) in [6.45, 7) is 6.13. The highest BCUT2D eigenvalue weighted by molar-refractivity contribution is 5.40. The quantitative estimate of drug-likeness (QED) is 0.898. The zero-order valence-corrected chi connectivity index (χ0v) is 12.0. The number of hydrogen-bond acceptors (Lipinski definition) is 2. The van der Waals surface area contributed by atoms with Gasteiger partial charge in [-0.25, -0.2) is 4.39 Å². The zero-order chi connectivity index (χ0) is 14.8. The summed E-state index contributed by atoms with van der Waals surface area (Å²) in [6.07, 6.45) is 0. The molecular weight excluding hydrogens is 255 g/mol. The minimum atomic E-state index is -0.476. The lowest BCUT2D eigenvalue weighted by Crippen LogP contribution is -2.10. The van der Waals surface area contributed by atoms with Gasteiger partial charge in [-0.05, 0) is 29.2 Å².